The zero-order valence-corrected chi connectivity index (χ0v) is 9.91. The van der Waals surface area contributed by atoms with Gasteiger partial charge in [0.25, 0.3) is 0 Å². The van der Waals surface area contributed by atoms with E-state index in [-0.39, 0.29) is 23.2 Å². The maximum atomic E-state index is 12.0. The van der Waals surface area contributed by atoms with E-state index in [4.69, 9.17) is 4.74 Å². The summed E-state index contributed by atoms with van der Waals surface area (Å²) in [5.41, 5.74) is 3.50. The zero-order chi connectivity index (χ0) is 11.5. The average molecular weight is 216 g/mol. The van der Waals surface area contributed by atoms with Crippen LogP contribution in [0.1, 0.15) is 20.8 Å². The summed E-state index contributed by atoms with van der Waals surface area (Å²) in [5.74, 6) is 0.470. The Labute approximate surface area is 95.7 Å². The van der Waals surface area contributed by atoms with E-state index >= 15 is 0 Å². The van der Waals surface area contributed by atoms with Crippen LogP contribution in [0.25, 0.3) is 0 Å². The van der Waals surface area contributed by atoms with Gasteiger partial charge in [-0.25, -0.2) is 0 Å². The highest BCUT2D eigenvalue weighted by Gasteiger charge is 2.52. The van der Waals surface area contributed by atoms with Crippen molar-refractivity contribution in [1.82, 2.24) is 0 Å². The lowest BCUT2D eigenvalue weighted by Crippen LogP contribution is -2.43. The molecule has 2 nitrogen and oxygen atoms in total. The van der Waals surface area contributed by atoms with Gasteiger partial charge in [0, 0.05) is 5.92 Å². The van der Waals surface area contributed by atoms with Gasteiger partial charge in [-0.05, 0) is 44.1 Å². The number of ether oxygens (including phenoxy) is 1. The summed E-state index contributed by atoms with van der Waals surface area (Å²) in [5, 5.41) is 0. The number of rotatable bonds is 0. The Hall–Kier alpha value is -1.15. The van der Waals surface area contributed by atoms with Crippen molar-refractivity contribution >= 4 is 5.78 Å². The first-order chi connectivity index (χ1) is 7.53. The lowest BCUT2D eigenvalue weighted by molar-refractivity contribution is -0.121. The Morgan fingerprint density at radius 2 is 2.19 bits per heavy atom. The number of ketones is 1. The molecule has 3 atom stereocenters. The highest BCUT2D eigenvalue weighted by atomic mass is 16.5. The van der Waals surface area contributed by atoms with Crippen LogP contribution >= 0.6 is 0 Å². The Morgan fingerprint density at radius 1 is 1.44 bits per heavy atom. The van der Waals surface area contributed by atoms with Crippen LogP contribution in [-0.2, 0) is 9.53 Å². The van der Waals surface area contributed by atoms with Crippen molar-refractivity contribution in [2.24, 2.45) is 11.8 Å². The van der Waals surface area contributed by atoms with Gasteiger partial charge < -0.3 is 4.74 Å². The first kappa shape index (κ1) is 10.0. The molecule has 84 valence electrons. The van der Waals surface area contributed by atoms with Crippen LogP contribution in [0.4, 0.5) is 0 Å². The van der Waals surface area contributed by atoms with Gasteiger partial charge in [0.1, 0.15) is 0 Å². The van der Waals surface area contributed by atoms with E-state index in [0.29, 0.717) is 6.61 Å². The molecule has 16 heavy (non-hydrogen) atoms. The van der Waals surface area contributed by atoms with E-state index in [1.807, 2.05) is 6.08 Å². The van der Waals surface area contributed by atoms with Crippen molar-refractivity contribution in [3.63, 3.8) is 0 Å². The summed E-state index contributed by atoms with van der Waals surface area (Å²) < 4.78 is 5.90. The monoisotopic (exact) mass is 216 g/mol. The van der Waals surface area contributed by atoms with Crippen molar-refractivity contribution in [2.75, 3.05) is 6.61 Å². The molecule has 0 aromatic rings. The van der Waals surface area contributed by atoms with Crippen LogP contribution in [0.5, 0.6) is 0 Å². The van der Waals surface area contributed by atoms with Gasteiger partial charge in [-0.1, -0.05) is 11.6 Å². The number of hydrogen-bond acceptors (Lipinski definition) is 2. The molecule has 1 saturated heterocycles. The molecule has 2 heteroatoms. The molecule has 0 radical (unpaired) electrons. The third-order valence-corrected chi connectivity index (χ3v) is 4.19. The molecule has 1 aliphatic heterocycles. The second-order valence-corrected chi connectivity index (χ2v) is 5.26. The van der Waals surface area contributed by atoms with Crippen LogP contribution in [0.3, 0.4) is 0 Å². The van der Waals surface area contributed by atoms with E-state index in [1.54, 1.807) is 6.08 Å². The normalized spacial score (nSPS) is 41.2. The maximum absolute atomic E-state index is 12.0. The minimum Gasteiger partial charge on any atom is -0.366 e. The topological polar surface area (TPSA) is 26.3 Å². The molecule has 0 bridgehead atoms. The van der Waals surface area contributed by atoms with E-state index < -0.39 is 0 Å². The summed E-state index contributed by atoms with van der Waals surface area (Å²) in [6, 6.07) is 0. The van der Waals surface area contributed by atoms with Crippen molar-refractivity contribution in [2.45, 2.75) is 26.4 Å². The Bertz CT molecular complexity index is 467. The second-order valence-electron chi connectivity index (χ2n) is 5.26. The average Bonchev–Trinajstić information content (AvgIpc) is 2.56. The molecule has 0 N–H and O–H groups in total. The SMILES string of the molecule is CC1=CC(C)=C2CO[C@@]3(C)C=CC(=O)[C@@H]1[C@@H]23. The molecule has 0 spiro atoms. The van der Waals surface area contributed by atoms with Crippen LogP contribution in [-0.4, -0.2) is 18.0 Å². The third kappa shape index (κ3) is 1.08. The molecule has 1 heterocycles. The Balaban J connectivity index is 2.22. The summed E-state index contributed by atoms with van der Waals surface area (Å²) >= 11 is 0. The quantitative estimate of drug-likeness (QED) is 0.621. The predicted octanol–water partition coefficient (Wildman–Crippen LogP) is 2.42. The van der Waals surface area contributed by atoms with Gasteiger partial charge in [-0.3, -0.25) is 4.79 Å². The van der Waals surface area contributed by atoms with Crippen LogP contribution in [0.15, 0.2) is 34.9 Å². The van der Waals surface area contributed by atoms with Crippen molar-refractivity contribution in [3.8, 4) is 0 Å². The van der Waals surface area contributed by atoms with Gasteiger partial charge in [0.05, 0.1) is 18.1 Å². The summed E-state index contributed by atoms with van der Waals surface area (Å²) in [7, 11) is 0. The second kappa shape index (κ2) is 2.95. The third-order valence-electron chi connectivity index (χ3n) is 4.19. The van der Waals surface area contributed by atoms with Gasteiger partial charge >= 0.3 is 0 Å². The van der Waals surface area contributed by atoms with Gasteiger partial charge in [0.2, 0.25) is 0 Å². The molecular weight excluding hydrogens is 200 g/mol. The first-order valence-electron chi connectivity index (χ1n) is 5.78. The molecule has 3 aliphatic rings. The highest BCUT2D eigenvalue weighted by molar-refractivity contribution is 5.96. The van der Waals surface area contributed by atoms with E-state index in [1.165, 1.54) is 16.7 Å². The molecule has 0 aromatic heterocycles. The number of carbonyl (C=O) groups excluding carboxylic acids is 1. The molecule has 0 unspecified atom stereocenters. The number of carbonyl (C=O) groups is 1. The van der Waals surface area contributed by atoms with E-state index in [9.17, 15) is 4.79 Å². The summed E-state index contributed by atoms with van der Waals surface area (Å²) in [6.45, 7) is 6.94. The molecule has 0 amide bonds. The number of allylic oxidation sites excluding steroid dienone is 4. The van der Waals surface area contributed by atoms with Gasteiger partial charge in [-0.15, -0.1) is 0 Å². The molecule has 2 aliphatic carbocycles. The fourth-order valence-corrected chi connectivity index (χ4v) is 3.33. The largest absolute Gasteiger partial charge is 0.366 e. The van der Waals surface area contributed by atoms with Gasteiger partial charge in [-0.2, -0.15) is 0 Å². The molecule has 0 aromatic carbocycles. The van der Waals surface area contributed by atoms with Crippen LogP contribution in [0.2, 0.25) is 0 Å². The predicted molar refractivity (Wildman–Crippen MR) is 61.9 cm³/mol. The highest BCUT2D eigenvalue weighted by Crippen LogP contribution is 2.50. The smallest absolute Gasteiger partial charge is 0.163 e. The molecule has 3 rings (SSSR count). The fourth-order valence-electron chi connectivity index (χ4n) is 3.33. The summed E-state index contributed by atoms with van der Waals surface area (Å²) in [6.07, 6.45) is 5.78. The van der Waals surface area contributed by atoms with Crippen LogP contribution in [0, 0.1) is 11.8 Å². The first-order valence-corrected chi connectivity index (χ1v) is 5.78. The van der Waals surface area contributed by atoms with Crippen molar-refractivity contribution in [1.29, 1.82) is 0 Å². The molecule has 1 fully saturated rings. The zero-order valence-electron chi connectivity index (χ0n) is 9.91. The van der Waals surface area contributed by atoms with Gasteiger partial charge in [0.15, 0.2) is 5.78 Å². The minimum absolute atomic E-state index is 0.0104. The van der Waals surface area contributed by atoms with Crippen molar-refractivity contribution in [3.05, 3.63) is 34.9 Å². The summed E-state index contributed by atoms with van der Waals surface area (Å²) in [4.78, 5) is 12.0. The Kier molecular flexibility index (Phi) is 1.85. The Morgan fingerprint density at radius 3 is 2.94 bits per heavy atom. The minimum atomic E-state index is -0.273. The lowest BCUT2D eigenvalue weighted by Gasteiger charge is -2.38. The number of hydrogen-bond donors (Lipinski definition) is 0. The van der Waals surface area contributed by atoms with Crippen molar-refractivity contribution < 1.29 is 9.53 Å². The van der Waals surface area contributed by atoms with Crippen LogP contribution < -0.4 is 0 Å². The lowest BCUT2D eigenvalue weighted by atomic mass is 9.65. The van der Waals surface area contributed by atoms with E-state index in [0.717, 1.165) is 0 Å². The standard InChI is InChI=1S/C14H16O2/c1-8-6-9(2)12-11(15)4-5-14(3)13(12)10(8)7-16-14/h4-6,12-13H,7H2,1-3H3/t12-,13-,14+/m1/s1. The van der Waals surface area contributed by atoms with E-state index in [2.05, 4.69) is 26.8 Å². The maximum Gasteiger partial charge on any atom is 0.163 e. The molecule has 0 saturated carbocycles. The molecular formula is C14H16O2. The fraction of sp³-hybridized carbons (Fsp3) is 0.500.